The topological polar surface area (TPSA) is 259 Å². The lowest BCUT2D eigenvalue weighted by Gasteiger charge is -2.49. The summed E-state index contributed by atoms with van der Waals surface area (Å²) in [6.45, 7) is 22.7. The molecule has 4 fully saturated rings. The van der Waals surface area contributed by atoms with Crippen molar-refractivity contribution in [3.63, 3.8) is 0 Å². The van der Waals surface area contributed by atoms with Gasteiger partial charge in [-0.3, -0.25) is 0 Å². The van der Waals surface area contributed by atoms with Gasteiger partial charge in [-0.05, 0) is 77.4 Å². The summed E-state index contributed by atoms with van der Waals surface area (Å²) in [6, 6.07) is 0. The highest BCUT2D eigenvalue weighted by molar-refractivity contribution is 5.83. The standard InChI is InChI=1S/C63H102O18/c1-14-42-22-20-24-44(16-3)60(36(7)50(66)32-62(72)34-52(46(18-5)38(9)80-62)76-56-30-48(64)58(70)40(11)74-56)78-54(68)28-26-43(15-2)23-21-25-45(17-4)61(79-55(69)29-27-42)37(8)51(67)33-63(73-13)35-53(47(19-6)39(10)81-63)77-57-31-49(65)59(71)41(12)75-57/h20-29,36-41,44-53,56-61,64-67,70-72H,14-19,30-35H2,1-13H3/b24-20-,25-21-,28-26-,29-27-,42-22-,43-23-/t36-,37-,38-,39+,40-,41-,44+,45+,46+,47-,48+,49-,50+,51-,52-,53+,56+,57+,58+,59+,60-,61+,62-,63-/m0/s1. The Hall–Kier alpha value is -3.18. The fraction of sp³-hybridized carbons (Fsp3) is 0.778. The molecule has 0 aromatic carbocycles. The van der Waals surface area contributed by atoms with E-state index in [1.165, 1.54) is 19.3 Å². The van der Waals surface area contributed by atoms with Crippen LogP contribution >= 0.6 is 0 Å². The molecule has 0 aromatic rings. The van der Waals surface area contributed by atoms with Crippen molar-refractivity contribution in [1.29, 1.82) is 0 Å². The summed E-state index contributed by atoms with van der Waals surface area (Å²) in [4.78, 5) is 27.9. The van der Waals surface area contributed by atoms with E-state index < -0.39 is 133 Å². The smallest absolute Gasteiger partial charge is 0.331 e. The van der Waals surface area contributed by atoms with E-state index in [4.69, 9.17) is 42.6 Å². The Bertz CT molecular complexity index is 2120. The molecule has 18 heteroatoms. The molecular weight excluding hydrogens is 1040 g/mol. The molecule has 0 radical (unpaired) electrons. The number of hydrogen-bond donors (Lipinski definition) is 7. The molecule has 0 spiro atoms. The minimum absolute atomic E-state index is 0.00264. The second-order valence-corrected chi connectivity index (χ2v) is 23.6. The molecule has 0 saturated carbocycles. The minimum Gasteiger partial charge on any atom is -0.458 e. The van der Waals surface area contributed by atoms with Gasteiger partial charge < -0.3 is 78.4 Å². The van der Waals surface area contributed by atoms with Gasteiger partial charge in [0.05, 0.1) is 61.0 Å². The number of aliphatic hydroxyl groups is 7. The Morgan fingerprint density at radius 2 is 1.01 bits per heavy atom. The van der Waals surface area contributed by atoms with Crippen molar-refractivity contribution in [2.45, 2.75) is 270 Å². The van der Waals surface area contributed by atoms with Crippen molar-refractivity contribution in [3.05, 3.63) is 71.9 Å². The maximum absolute atomic E-state index is 14.0. The lowest BCUT2D eigenvalue weighted by molar-refractivity contribution is -0.337. The first-order chi connectivity index (χ1) is 38.4. The van der Waals surface area contributed by atoms with Crippen molar-refractivity contribution in [3.8, 4) is 0 Å². The Morgan fingerprint density at radius 3 is 1.41 bits per heavy atom. The number of carbonyl (C=O) groups is 2. The molecule has 18 nitrogen and oxygen atoms in total. The molecule has 81 heavy (non-hydrogen) atoms. The first kappa shape index (κ1) is 68.6. The number of cyclic esters (lactones) is 2. The maximum atomic E-state index is 14.0. The van der Waals surface area contributed by atoms with Crippen LogP contribution in [0.1, 0.15) is 160 Å². The molecule has 0 unspecified atom stereocenters. The van der Waals surface area contributed by atoms with Crippen LogP contribution < -0.4 is 0 Å². The fourth-order valence-electron chi connectivity index (χ4n) is 12.6. The van der Waals surface area contributed by atoms with Gasteiger partial charge in [0.2, 0.25) is 0 Å². The number of ether oxygens (including phenoxy) is 9. The van der Waals surface area contributed by atoms with E-state index in [1.54, 1.807) is 32.9 Å². The number of methoxy groups -OCH3 is 1. The Morgan fingerprint density at radius 1 is 0.593 bits per heavy atom. The Kier molecular flexibility index (Phi) is 26.9. The average Bonchev–Trinajstić information content (AvgIpc) is 3.41. The lowest BCUT2D eigenvalue weighted by atomic mass is 9.80. The van der Waals surface area contributed by atoms with Crippen LogP contribution in [0.3, 0.4) is 0 Å². The predicted octanol–water partition coefficient (Wildman–Crippen LogP) is 7.73. The average molecular weight is 1150 g/mol. The molecule has 0 aliphatic carbocycles. The highest BCUT2D eigenvalue weighted by atomic mass is 16.7. The van der Waals surface area contributed by atoms with Gasteiger partial charge in [0.15, 0.2) is 24.2 Å². The second-order valence-electron chi connectivity index (χ2n) is 23.6. The summed E-state index contributed by atoms with van der Waals surface area (Å²) in [5, 5.41) is 78.0. The molecule has 0 amide bonds. The molecule has 0 bridgehead atoms. The monoisotopic (exact) mass is 1150 g/mol. The normalized spacial score (nSPS) is 43.2. The first-order valence-electron chi connectivity index (χ1n) is 30.2. The molecule has 5 rings (SSSR count). The number of hydrogen-bond acceptors (Lipinski definition) is 18. The second kappa shape index (κ2) is 31.8. The van der Waals surface area contributed by atoms with E-state index in [9.17, 15) is 45.3 Å². The summed E-state index contributed by atoms with van der Waals surface area (Å²) < 4.78 is 56.4. The number of rotatable bonds is 19. The van der Waals surface area contributed by atoms with Crippen LogP contribution in [0.5, 0.6) is 0 Å². The van der Waals surface area contributed by atoms with Gasteiger partial charge in [0, 0.05) is 93.3 Å². The summed E-state index contributed by atoms with van der Waals surface area (Å²) in [5.41, 5.74) is 1.59. The zero-order valence-electron chi connectivity index (χ0n) is 50.6. The van der Waals surface area contributed by atoms with Gasteiger partial charge in [-0.15, -0.1) is 0 Å². The van der Waals surface area contributed by atoms with Crippen LogP contribution in [0.4, 0.5) is 0 Å². The van der Waals surface area contributed by atoms with Crippen LogP contribution in [0.25, 0.3) is 0 Å². The zero-order chi connectivity index (χ0) is 59.9. The van der Waals surface area contributed by atoms with E-state index in [1.807, 2.05) is 98.8 Å². The van der Waals surface area contributed by atoms with Crippen molar-refractivity contribution in [1.82, 2.24) is 0 Å². The molecule has 7 N–H and O–H groups in total. The lowest BCUT2D eigenvalue weighted by Crippen LogP contribution is -2.56. The van der Waals surface area contributed by atoms with Crippen molar-refractivity contribution < 1.29 is 88.0 Å². The van der Waals surface area contributed by atoms with E-state index in [2.05, 4.69) is 0 Å². The molecule has 462 valence electrons. The third kappa shape index (κ3) is 18.7. The van der Waals surface area contributed by atoms with Crippen LogP contribution in [-0.4, -0.2) is 164 Å². The van der Waals surface area contributed by atoms with Crippen molar-refractivity contribution >= 4 is 11.9 Å². The number of allylic oxidation sites excluding steroid dienone is 8. The van der Waals surface area contributed by atoms with Crippen LogP contribution in [0.15, 0.2) is 71.9 Å². The van der Waals surface area contributed by atoms with Gasteiger partial charge in [-0.1, -0.05) is 104 Å². The summed E-state index contributed by atoms with van der Waals surface area (Å²) in [5.74, 6) is -6.63. The summed E-state index contributed by atoms with van der Waals surface area (Å²) in [6.07, 6.45) is 8.43. The van der Waals surface area contributed by atoms with Gasteiger partial charge in [0.25, 0.3) is 0 Å². The number of esters is 2. The maximum Gasteiger partial charge on any atom is 0.331 e. The number of carbonyl (C=O) groups excluding carboxylic acids is 2. The highest BCUT2D eigenvalue weighted by Gasteiger charge is 2.51. The SMILES string of the molecule is CCC1=C/C=C\[C@@H](CC)[C@H]([C@@H](C)[C@H](O)C[C@@]2(O)C[C@H](O[C@@H]3C[C@@H](O)[C@H](O)[C@H](C)O3)[C@H](CC)[C@H](C)O2)OC(=O)\C=C/C(CC)=C\C=C/[C@@H](CC)[C@@H]([C@@H](C)[C@@H](O)C[C@@]2(OC)C[C@@H](O[C@@H]3C[C@H](O)[C@H](O)[C@H](C)O3)[C@@H](CC)[C@@H](C)O2)OC(=O)/C=C\1. The predicted molar refractivity (Wildman–Crippen MR) is 304 cm³/mol. The van der Waals surface area contributed by atoms with Gasteiger partial charge in [-0.25, -0.2) is 9.59 Å². The molecule has 5 aliphatic heterocycles. The minimum atomic E-state index is -1.83. The van der Waals surface area contributed by atoms with E-state index in [0.717, 1.165) is 17.6 Å². The zero-order valence-corrected chi connectivity index (χ0v) is 50.6. The molecule has 5 aliphatic rings. The molecule has 0 aromatic heterocycles. The van der Waals surface area contributed by atoms with Gasteiger partial charge >= 0.3 is 11.9 Å². The van der Waals surface area contributed by atoms with E-state index >= 15 is 0 Å². The van der Waals surface area contributed by atoms with Gasteiger partial charge in [-0.2, -0.15) is 0 Å². The van der Waals surface area contributed by atoms with Crippen LogP contribution in [0, 0.1) is 35.5 Å². The van der Waals surface area contributed by atoms with E-state index in [-0.39, 0.29) is 62.4 Å². The van der Waals surface area contributed by atoms with Crippen molar-refractivity contribution in [2.75, 3.05) is 7.11 Å². The summed E-state index contributed by atoms with van der Waals surface area (Å²) in [7, 11) is 1.53. The Labute approximate surface area is 482 Å². The fourth-order valence-corrected chi connectivity index (χ4v) is 12.6. The first-order valence-corrected chi connectivity index (χ1v) is 30.2. The quantitative estimate of drug-likeness (QED) is 0.0610. The largest absolute Gasteiger partial charge is 0.458 e. The third-order valence-corrected chi connectivity index (χ3v) is 17.9. The Balaban J connectivity index is 1.38. The number of aliphatic hydroxyl groups excluding tert-OH is 6. The third-order valence-electron chi connectivity index (χ3n) is 17.9. The molecule has 24 atom stereocenters. The molecule has 5 heterocycles. The van der Waals surface area contributed by atoms with Crippen LogP contribution in [0.2, 0.25) is 0 Å². The van der Waals surface area contributed by atoms with Gasteiger partial charge in [0.1, 0.15) is 24.4 Å². The van der Waals surface area contributed by atoms with Crippen LogP contribution in [-0.2, 0) is 52.2 Å². The summed E-state index contributed by atoms with van der Waals surface area (Å²) >= 11 is 0. The molecular formula is C63H102O18. The van der Waals surface area contributed by atoms with E-state index in [0.29, 0.717) is 32.1 Å². The van der Waals surface area contributed by atoms with Crippen molar-refractivity contribution in [2.24, 2.45) is 35.5 Å². The molecule has 4 saturated heterocycles. The highest BCUT2D eigenvalue weighted by Crippen LogP contribution is 2.44.